The van der Waals surface area contributed by atoms with Crippen molar-refractivity contribution in [2.75, 3.05) is 31.2 Å². The minimum atomic E-state index is -0.0377. The maximum Gasteiger partial charge on any atom is 0.234 e. The Morgan fingerprint density at radius 1 is 1.23 bits per heavy atom. The molecule has 1 N–H and O–H groups in total. The first kappa shape index (κ1) is 16.7. The zero-order valence-corrected chi connectivity index (χ0v) is 14.5. The third kappa shape index (κ3) is 3.60. The van der Waals surface area contributed by atoms with Crippen LogP contribution in [0.5, 0.6) is 5.88 Å². The van der Waals surface area contributed by atoms with E-state index in [2.05, 4.69) is 29.5 Å². The molecular weight excluding hydrogens is 332 g/mol. The zero-order valence-electron chi connectivity index (χ0n) is 14.5. The molecule has 1 aliphatic heterocycles. The van der Waals surface area contributed by atoms with E-state index in [4.69, 9.17) is 9.84 Å². The minimum absolute atomic E-state index is 0.0377. The summed E-state index contributed by atoms with van der Waals surface area (Å²) in [4.78, 5) is 11.0. The molecular formula is C18H22N6O2. The normalized spacial score (nSPS) is 17.6. The van der Waals surface area contributed by atoms with Crippen LogP contribution in [0.3, 0.4) is 0 Å². The van der Waals surface area contributed by atoms with Crippen molar-refractivity contribution in [1.29, 1.82) is 0 Å². The fourth-order valence-corrected chi connectivity index (χ4v) is 3.44. The van der Waals surface area contributed by atoms with Crippen molar-refractivity contribution in [2.24, 2.45) is 5.92 Å². The van der Waals surface area contributed by atoms with Gasteiger partial charge in [-0.25, -0.2) is 0 Å². The number of nitrogens with zero attached hydrogens (tertiary/aromatic N) is 6. The molecule has 1 aliphatic rings. The number of aliphatic hydroxyl groups excluding tert-OH is 1. The smallest absolute Gasteiger partial charge is 0.234 e. The van der Waals surface area contributed by atoms with Gasteiger partial charge in [0.1, 0.15) is 12.4 Å². The van der Waals surface area contributed by atoms with Crippen LogP contribution in [0.2, 0.25) is 0 Å². The second kappa shape index (κ2) is 7.65. The molecule has 4 rings (SSSR count). The van der Waals surface area contributed by atoms with Gasteiger partial charge in [0.15, 0.2) is 11.5 Å². The van der Waals surface area contributed by atoms with Crippen LogP contribution in [0, 0.1) is 5.92 Å². The van der Waals surface area contributed by atoms with E-state index in [-0.39, 0.29) is 13.2 Å². The van der Waals surface area contributed by atoms with Crippen LogP contribution in [-0.4, -0.2) is 56.0 Å². The Morgan fingerprint density at radius 3 is 3.12 bits per heavy atom. The Labute approximate surface area is 151 Å². The fraction of sp³-hybridized carbons (Fsp3) is 0.444. The second-order valence-electron chi connectivity index (χ2n) is 6.49. The van der Waals surface area contributed by atoms with E-state index in [1.807, 2.05) is 24.4 Å². The molecule has 1 saturated heterocycles. The molecule has 0 radical (unpaired) electrons. The largest absolute Gasteiger partial charge is 0.474 e. The van der Waals surface area contributed by atoms with Crippen LogP contribution < -0.4 is 9.64 Å². The van der Waals surface area contributed by atoms with Gasteiger partial charge in [0.25, 0.3) is 0 Å². The molecule has 0 aliphatic carbocycles. The predicted octanol–water partition coefficient (Wildman–Crippen LogP) is 1.35. The number of rotatable bonds is 6. The predicted molar refractivity (Wildman–Crippen MR) is 96.2 cm³/mol. The molecule has 1 unspecified atom stereocenters. The maximum atomic E-state index is 8.88. The number of ether oxygens (including phenoxy) is 1. The number of hydrogen-bond donors (Lipinski definition) is 1. The second-order valence-corrected chi connectivity index (χ2v) is 6.49. The van der Waals surface area contributed by atoms with Gasteiger partial charge in [-0.3, -0.25) is 9.38 Å². The van der Waals surface area contributed by atoms with Crippen molar-refractivity contribution in [2.45, 2.75) is 19.3 Å². The molecule has 136 valence electrons. The average molecular weight is 354 g/mol. The van der Waals surface area contributed by atoms with Crippen LogP contribution >= 0.6 is 0 Å². The van der Waals surface area contributed by atoms with Gasteiger partial charge in [-0.1, -0.05) is 6.07 Å². The quantitative estimate of drug-likeness (QED) is 0.715. The molecule has 8 heteroatoms. The highest BCUT2D eigenvalue weighted by molar-refractivity contribution is 5.39. The van der Waals surface area contributed by atoms with Gasteiger partial charge in [0, 0.05) is 25.7 Å². The number of pyridine rings is 1. The summed E-state index contributed by atoms with van der Waals surface area (Å²) < 4.78 is 7.43. The van der Waals surface area contributed by atoms with Crippen LogP contribution in [0.25, 0.3) is 5.65 Å². The number of aliphatic hydroxyl groups is 1. The third-order valence-corrected chi connectivity index (χ3v) is 4.64. The van der Waals surface area contributed by atoms with Crippen LogP contribution in [0.1, 0.15) is 18.7 Å². The molecule has 0 amide bonds. The molecule has 1 atom stereocenters. The van der Waals surface area contributed by atoms with E-state index in [0.29, 0.717) is 11.8 Å². The lowest BCUT2D eigenvalue weighted by molar-refractivity contribution is 0.196. The SMILES string of the molecule is OCCOc1cncc(N2CCCC(Cc3nnc4ccccn34)C2)n1. The molecule has 3 aromatic heterocycles. The summed E-state index contributed by atoms with van der Waals surface area (Å²) in [5, 5.41) is 17.5. The molecule has 0 saturated carbocycles. The fourth-order valence-electron chi connectivity index (χ4n) is 3.44. The van der Waals surface area contributed by atoms with Gasteiger partial charge >= 0.3 is 0 Å². The Balaban J connectivity index is 1.46. The summed E-state index contributed by atoms with van der Waals surface area (Å²) in [5.41, 5.74) is 0.884. The zero-order chi connectivity index (χ0) is 17.8. The summed E-state index contributed by atoms with van der Waals surface area (Å²) >= 11 is 0. The van der Waals surface area contributed by atoms with Crippen molar-refractivity contribution in [3.8, 4) is 5.88 Å². The van der Waals surface area contributed by atoms with Gasteiger partial charge < -0.3 is 14.7 Å². The highest BCUT2D eigenvalue weighted by Gasteiger charge is 2.23. The first-order chi connectivity index (χ1) is 12.8. The Morgan fingerprint density at radius 2 is 2.19 bits per heavy atom. The summed E-state index contributed by atoms with van der Waals surface area (Å²) in [7, 11) is 0. The third-order valence-electron chi connectivity index (χ3n) is 4.64. The van der Waals surface area contributed by atoms with E-state index in [0.717, 1.165) is 49.6 Å². The highest BCUT2D eigenvalue weighted by atomic mass is 16.5. The lowest BCUT2D eigenvalue weighted by atomic mass is 9.94. The Bertz CT molecular complexity index is 868. The van der Waals surface area contributed by atoms with Gasteiger partial charge in [0.05, 0.1) is 19.0 Å². The summed E-state index contributed by atoms with van der Waals surface area (Å²) in [6.45, 7) is 2.04. The van der Waals surface area contributed by atoms with Crippen LogP contribution in [0.15, 0.2) is 36.8 Å². The van der Waals surface area contributed by atoms with Gasteiger partial charge in [0.2, 0.25) is 5.88 Å². The monoisotopic (exact) mass is 354 g/mol. The summed E-state index contributed by atoms with van der Waals surface area (Å²) in [6.07, 6.45) is 8.50. The molecule has 26 heavy (non-hydrogen) atoms. The van der Waals surface area contributed by atoms with Gasteiger partial charge in [-0.15, -0.1) is 10.2 Å². The van der Waals surface area contributed by atoms with Crippen molar-refractivity contribution in [3.05, 3.63) is 42.6 Å². The van der Waals surface area contributed by atoms with Crippen molar-refractivity contribution in [3.63, 3.8) is 0 Å². The molecule has 8 nitrogen and oxygen atoms in total. The topological polar surface area (TPSA) is 88.7 Å². The van der Waals surface area contributed by atoms with Gasteiger partial charge in [-0.2, -0.15) is 4.98 Å². The van der Waals surface area contributed by atoms with E-state index in [1.54, 1.807) is 12.4 Å². The summed E-state index contributed by atoms with van der Waals surface area (Å²) in [6, 6.07) is 5.94. The Hall–Kier alpha value is -2.74. The Kier molecular flexibility index (Phi) is 4.92. The lowest BCUT2D eigenvalue weighted by Crippen LogP contribution is -2.37. The first-order valence-corrected chi connectivity index (χ1v) is 8.93. The number of fused-ring (bicyclic) bond motifs is 1. The van der Waals surface area contributed by atoms with E-state index < -0.39 is 0 Å². The van der Waals surface area contributed by atoms with Crippen molar-refractivity contribution >= 4 is 11.5 Å². The standard InChI is InChI=1S/C18H22N6O2/c25-8-9-26-18-12-19-11-17(20-18)23-6-3-4-14(13-23)10-16-22-21-15-5-1-2-7-24(15)16/h1-2,5,7,11-12,14,25H,3-4,6,8-10,13H2. The summed E-state index contributed by atoms with van der Waals surface area (Å²) in [5.74, 6) is 2.75. The number of anilines is 1. The molecule has 0 aromatic carbocycles. The molecule has 0 spiro atoms. The van der Waals surface area contributed by atoms with E-state index in [9.17, 15) is 0 Å². The average Bonchev–Trinajstić information content (AvgIpc) is 3.10. The first-order valence-electron chi connectivity index (χ1n) is 8.93. The van der Waals surface area contributed by atoms with Crippen LogP contribution in [-0.2, 0) is 6.42 Å². The molecule has 1 fully saturated rings. The highest BCUT2D eigenvalue weighted by Crippen LogP contribution is 2.24. The molecule has 0 bridgehead atoms. The van der Waals surface area contributed by atoms with Crippen LogP contribution in [0.4, 0.5) is 5.82 Å². The maximum absolute atomic E-state index is 8.88. The number of hydrogen-bond acceptors (Lipinski definition) is 7. The van der Waals surface area contributed by atoms with Crippen molar-refractivity contribution in [1.82, 2.24) is 24.6 Å². The van der Waals surface area contributed by atoms with Gasteiger partial charge in [-0.05, 0) is 30.9 Å². The number of aromatic nitrogens is 5. The van der Waals surface area contributed by atoms with E-state index >= 15 is 0 Å². The molecule has 3 aromatic rings. The van der Waals surface area contributed by atoms with E-state index in [1.165, 1.54) is 0 Å². The molecule has 4 heterocycles. The number of piperidine rings is 1. The van der Waals surface area contributed by atoms with Crippen molar-refractivity contribution < 1.29 is 9.84 Å². The minimum Gasteiger partial charge on any atom is -0.474 e. The lowest BCUT2D eigenvalue weighted by Gasteiger charge is -2.33.